The van der Waals surface area contributed by atoms with Crippen LogP contribution in [0.5, 0.6) is 5.75 Å². The molecule has 0 atom stereocenters. The molecule has 2 aromatic heterocycles. The number of benzene rings is 1. The Kier molecular flexibility index (Phi) is 3.93. The van der Waals surface area contributed by atoms with E-state index < -0.39 is 0 Å². The van der Waals surface area contributed by atoms with Gasteiger partial charge in [-0.1, -0.05) is 12.1 Å². The molecule has 0 saturated carbocycles. The highest BCUT2D eigenvalue weighted by Crippen LogP contribution is 2.23. The molecule has 0 bridgehead atoms. The van der Waals surface area contributed by atoms with E-state index in [1.807, 2.05) is 56.7 Å². The second kappa shape index (κ2) is 6.03. The van der Waals surface area contributed by atoms with Crippen LogP contribution in [0.15, 0.2) is 42.6 Å². The van der Waals surface area contributed by atoms with Gasteiger partial charge in [0.2, 0.25) is 5.95 Å². The molecule has 2 heterocycles. The fraction of sp³-hybridized carbons (Fsp3) is 0.250. The number of nitrogens with zero attached hydrogens (tertiary/aromatic N) is 4. The highest BCUT2D eigenvalue weighted by atomic mass is 16.5. The Morgan fingerprint density at radius 2 is 1.91 bits per heavy atom. The van der Waals surface area contributed by atoms with Crippen molar-refractivity contribution in [3.63, 3.8) is 0 Å². The first kappa shape index (κ1) is 14.3. The summed E-state index contributed by atoms with van der Waals surface area (Å²) in [6.45, 7) is 1.57. The van der Waals surface area contributed by atoms with Crippen LogP contribution in [0.1, 0.15) is 0 Å². The summed E-state index contributed by atoms with van der Waals surface area (Å²) in [4.78, 5) is 6.27. The van der Waals surface area contributed by atoms with E-state index in [4.69, 9.17) is 10.5 Å². The first-order valence-electron chi connectivity index (χ1n) is 7.12. The Morgan fingerprint density at radius 1 is 1.14 bits per heavy atom. The number of ether oxygens (including phenoxy) is 1. The van der Waals surface area contributed by atoms with E-state index in [9.17, 15) is 0 Å². The van der Waals surface area contributed by atoms with Crippen molar-refractivity contribution in [2.24, 2.45) is 0 Å². The zero-order chi connectivity index (χ0) is 15.5. The number of pyridine rings is 1. The summed E-state index contributed by atoms with van der Waals surface area (Å²) in [6.07, 6.45) is 1.86. The predicted octanol–water partition coefficient (Wildman–Crippen LogP) is 1.92. The van der Waals surface area contributed by atoms with Crippen LogP contribution in [0, 0.1) is 0 Å². The molecule has 22 heavy (non-hydrogen) atoms. The number of rotatable bonds is 5. The maximum atomic E-state index is 5.70. The van der Waals surface area contributed by atoms with Crippen molar-refractivity contribution >= 4 is 11.6 Å². The van der Waals surface area contributed by atoms with Gasteiger partial charge in [-0.15, -0.1) is 5.10 Å². The van der Waals surface area contributed by atoms with Gasteiger partial charge in [0.25, 0.3) is 0 Å². The van der Waals surface area contributed by atoms with E-state index in [2.05, 4.69) is 15.0 Å². The molecule has 0 saturated heterocycles. The summed E-state index contributed by atoms with van der Waals surface area (Å²) in [5.41, 5.74) is 8.51. The lowest BCUT2D eigenvalue weighted by molar-refractivity contribution is 0.261. The predicted molar refractivity (Wildman–Crippen MR) is 86.9 cm³/mol. The summed E-state index contributed by atoms with van der Waals surface area (Å²) in [7, 11) is 4.06. The minimum Gasteiger partial charge on any atom is -0.492 e. The van der Waals surface area contributed by atoms with E-state index in [1.54, 1.807) is 4.52 Å². The van der Waals surface area contributed by atoms with Crippen LogP contribution >= 0.6 is 0 Å². The highest BCUT2D eigenvalue weighted by molar-refractivity contribution is 5.68. The monoisotopic (exact) mass is 297 g/mol. The molecular formula is C16H19N5O. The minimum absolute atomic E-state index is 0.279. The largest absolute Gasteiger partial charge is 0.492 e. The molecule has 0 unspecified atom stereocenters. The normalized spacial score (nSPS) is 11.2. The van der Waals surface area contributed by atoms with Crippen molar-refractivity contribution in [1.29, 1.82) is 0 Å². The van der Waals surface area contributed by atoms with E-state index in [0.29, 0.717) is 6.61 Å². The number of fused-ring (bicyclic) bond motifs is 1. The van der Waals surface area contributed by atoms with Gasteiger partial charge in [-0.25, -0.2) is 4.52 Å². The number of nitrogen functional groups attached to an aromatic ring is 1. The standard InChI is InChI=1S/C16H19N5O/c1-20(2)9-10-22-14-5-3-12(4-6-14)13-7-8-21-15(11-13)18-16(17)19-21/h3-8,11H,9-10H2,1-2H3,(H2,17,19). The maximum Gasteiger partial charge on any atom is 0.240 e. The Hall–Kier alpha value is -2.60. The molecule has 2 N–H and O–H groups in total. The summed E-state index contributed by atoms with van der Waals surface area (Å²) < 4.78 is 7.36. The van der Waals surface area contributed by atoms with Crippen LogP contribution < -0.4 is 10.5 Å². The van der Waals surface area contributed by atoms with E-state index in [-0.39, 0.29) is 5.95 Å². The SMILES string of the molecule is CN(C)CCOc1ccc(-c2ccn3nc(N)nc3c2)cc1. The Balaban J connectivity index is 1.75. The first-order valence-corrected chi connectivity index (χ1v) is 7.12. The highest BCUT2D eigenvalue weighted by Gasteiger charge is 2.04. The lowest BCUT2D eigenvalue weighted by Gasteiger charge is -2.11. The second-order valence-corrected chi connectivity index (χ2v) is 5.36. The van der Waals surface area contributed by atoms with Gasteiger partial charge in [0.15, 0.2) is 5.65 Å². The number of likely N-dealkylation sites (N-methyl/N-ethyl adjacent to an activating group) is 1. The van der Waals surface area contributed by atoms with Crippen molar-refractivity contribution in [1.82, 2.24) is 19.5 Å². The maximum absolute atomic E-state index is 5.70. The molecule has 6 heteroatoms. The summed E-state index contributed by atoms with van der Waals surface area (Å²) >= 11 is 0. The Bertz CT molecular complexity index is 764. The Labute approximate surface area is 129 Å². The van der Waals surface area contributed by atoms with Crippen LogP contribution in [0.25, 0.3) is 16.8 Å². The smallest absolute Gasteiger partial charge is 0.240 e. The molecule has 6 nitrogen and oxygen atoms in total. The summed E-state index contributed by atoms with van der Waals surface area (Å²) in [6, 6.07) is 12.0. The fourth-order valence-electron chi connectivity index (χ4n) is 2.17. The Morgan fingerprint density at radius 3 is 2.64 bits per heavy atom. The van der Waals surface area contributed by atoms with Crippen molar-refractivity contribution in [3.8, 4) is 16.9 Å². The first-order chi connectivity index (χ1) is 10.6. The number of hydrogen-bond acceptors (Lipinski definition) is 5. The topological polar surface area (TPSA) is 68.7 Å². The van der Waals surface area contributed by atoms with Crippen LogP contribution in [0.2, 0.25) is 0 Å². The molecule has 1 aromatic carbocycles. The average molecular weight is 297 g/mol. The van der Waals surface area contributed by atoms with Crippen LogP contribution in [-0.4, -0.2) is 46.7 Å². The van der Waals surface area contributed by atoms with Gasteiger partial charge in [0.1, 0.15) is 12.4 Å². The molecule has 0 aliphatic heterocycles. The molecule has 0 amide bonds. The lowest BCUT2D eigenvalue weighted by Crippen LogP contribution is -2.19. The van der Waals surface area contributed by atoms with Gasteiger partial charge in [-0.2, -0.15) is 4.98 Å². The van der Waals surface area contributed by atoms with Gasteiger partial charge in [0, 0.05) is 12.7 Å². The molecule has 0 fully saturated rings. The number of aromatic nitrogens is 3. The molecule has 3 aromatic rings. The fourth-order valence-corrected chi connectivity index (χ4v) is 2.17. The van der Waals surface area contributed by atoms with Crippen molar-refractivity contribution in [2.75, 3.05) is 33.0 Å². The number of anilines is 1. The molecule has 0 radical (unpaired) electrons. The molecule has 0 aliphatic carbocycles. The zero-order valence-corrected chi connectivity index (χ0v) is 12.7. The molecule has 0 aliphatic rings. The van der Waals surface area contributed by atoms with Crippen molar-refractivity contribution in [2.45, 2.75) is 0 Å². The van der Waals surface area contributed by atoms with Crippen molar-refractivity contribution in [3.05, 3.63) is 42.6 Å². The van der Waals surface area contributed by atoms with Gasteiger partial charge < -0.3 is 15.4 Å². The van der Waals surface area contributed by atoms with Gasteiger partial charge in [0.05, 0.1) is 0 Å². The number of hydrogen-bond donors (Lipinski definition) is 1. The van der Waals surface area contributed by atoms with Crippen LogP contribution in [0.4, 0.5) is 5.95 Å². The van der Waals surface area contributed by atoms with Crippen LogP contribution in [-0.2, 0) is 0 Å². The van der Waals surface area contributed by atoms with Gasteiger partial charge >= 0.3 is 0 Å². The minimum atomic E-state index is 0.279. The molecule has 3 rings (SSSR count). The molecule has 0 spiro atoms. The van der Waals surface area contributed by atoms with Crippen molar-refractivity contribution < 1.29 is 4.74 Å². The average Bonchev–Trinajstić information content (AvgIpc) is 2.86. The third-order valence-electron chi connectivity index (χ3n) is 3.35. The van der Waals surface area contributed by atoms with Gasteiger partial charge in [-0.05, 0) is 49.5 Å². The van der Waals surface area contributed by atoms with E-state index in [1.165, 1.54) is 0 Å². The lowest BCUT2D eigenvalue weighted by atomic mass is 10.1. The molecular weight excluding hydrogens is 278 g/mol. The van der Waals surface area contributed by atoms with Gasteiger partial charge in [-0.3, -0.25) is 0 Å². The van der Waals surface area contributed by atoms with E-state index in [0.717, 1.165) is 29.1 Å². The quantitative estimate of drug-likeness (QED) is 0.779. The number of nitrogens with two attached hydrogens (primary N) is 1. The summed E-state index contributed by atoms with van der Waals surface area (Å²) in [5, 5.41) is 4.07. The van der Waals surface area contributed by atoms with Crippen LogP contribution in [0.3, 0.4) is 0 Å². The second-order valence-electron chi connectivity index (χ2n) is 5.36. The third kappa shape index (κ3) is 3.17. The van der Waals surface area contributed by atoms with E-state index >= 15 is 0 Å². The third-order valence-corrected chi connectivity index (χ3v) is 3.35. The summed E-state index contributed by atoms with van der Waals surface area (Å²) in [5.74, 6) is 1.15. The zero-order valence-electron chi connectivity index (χ0n) is 12.7. The molecule has 114 valence electrons.